The van der Waals surface area contributed by atoms with Crippen LogP contribution < -0.4 is 0 Å². The Balaban J connectivity index is 2.41. The summed E-state index contributed by atoms with van der Waals surface area (Å²) in [6.45, 7) is 8.14. The molecule has 1 aromatic carbocycles. The van der Waals surface area contributed by atoms with Crippen LogP contribution in [0.5, 0.6) is 0 Å². The van der Waals surface area contributed by atoms with Gasteiger partial charge < -0.3 is 0 Å². The van der Waals surface area contributed by atoms with Gasteiger partial charge in [-0.25, -0.2) is 0 Å². The molecule has 0 radical (unpaired) electrons. The predicted molar refractivity (Wildman–Crippen MR) is 58.9 cm³/mol. The van der Waals surface area contributed by atoms with E-state index in [-0.39, 0.29) is 0 Å². The maximum Gasteiger partial charge on any atom is -0.0276 e. The first-order chi connectivity index (χ1) is 6.18. The predicted octanol–water partition coefficient (Wildman–Crippen LogP) is 3.89. The van der Waals surface area contributed by atoms with Crippen molar-refractivity contribution in [1.29, 1.82) is 0 Å². The molecular weight excluding hydrogens is 156 g/mol. The van der Waals surface area contributed by atoms with Crippen LogP contribution in [-0.4, -0.2) is 0 Å². The van der Waals surface area contributed by atoms with E-state index in [1.54, 1.807) is 0 Å². The van der Waals surface area contributed by atoms with Crippen molar-refractivity contribution >= 4 is 0 Å². The van der Waals surface area contributed by atoms with Crippen molar-refractivity contribution in [3.05, 3.63) is 47.5 Å². The number of hydrogen-bond donors (Lipinski definition) is 0. The van der Waals surface area contributed by atoms with E-state index in [4.69, 9.17) is 0 Å². The standard InChI is InChI=1S/C13H18/c1-11(2)6-4-8-13-9-5-7-12(3)10-13/h5,7,9-10H,1,4,6,8H2,2-3H3. The Morgan fingerprint density at radius 3 is 2.77 bits per heavy atom. The Labute approximate surface area is 81.3 Å². The van der Waals surface area contributed by atoms with Gasteiger partial charge in [0.2, 0.25) is 0 Å². The summed E-state index contributed by atoms with van der Waals surface area (Å²) in [5.41, 5.74) is 4.08. The fourth-order valence-electron chi connectivity index (χ4n) is 1.46. The van der Waals surface area contributed by atoms with Gasteiger partial charge in [-0.05, 0) is 38.7 Å². The van der Waals surface area contributed by atoms with Crippen molar-refractivity contribution in [3.8, 4) is 0 Å². The molecule has 0 nitrogen and oxygen atoms in total. The molecule has 1 aromatic rings. The van der Waals surface area contributed by atoms with E-state index in [0.717, 1.165) is 6.42 Å². The Morgan fingerprint density at radius 1 is 1.38 bits per heavy atom. The number of allylic oxidation sites excluding steroid dienone is 1. The first-order valence-corrected chi connectivity index (χ1v) is 4.88. The summed E-state index contributed by atoms with van der Waals surface area (Å²) < 4.78 is 0. The largest absolute Gasteiger partial charge is 0.100 e. The Hall–Kier alpha value is -1.04. The van der Waals surface area contributed by atoms with Crippen LogP contribution in [-0.2, 0) is 6.42 Å². The maximum atomic E-state index is 3.90. The lowest BCUT2D eigenvalue weighted by Gasteiger charge is -2.02. The van der Waals surface area contributed by atoms with Crippen molar-refractivity contribution in [2.24, 2.45) is 0 Å². The Bertz CT molecular complexity index is 284. The van der Waals surface area contributed by atoms with Gasteiger partial charge >= 0.3 is 0 Å². The molecule has 0 N–H and O–H groups in total. The number of benzene rings is 1. The minimum absolute atomic E-state index is 1.15. The molecule has 0 aliphatic carbocycles. The van der Waals surface area contributed by atoms with Crippen LogP contribution in [0.1, 0.15) is 30.9 Å². The van der Waals surface area contributed by atoms with Crippen molar-refractivity contribution < 1.29 is 0 Å². The van der Waals surface area contributed by atoms with Gasteiger partial charge in [-0.1, -0.05) is 35.4 Å². The molecule has 0 heteroatoms. The average molecular weight is 174 g/mol. The van der Waals surface area contributed by atoms with Crippen LogP contribution in [0.25, 0.3) is 0 Å². The molecule has 0 bridgehead atoms. The summed E-state index contributed by atoms with van der Waals surface area (Å²) in [6, 6.07) is 8.73. The van der Waals surface area contributed by atoms with E-state index in [2.05, 4.69) is 44.7 Å². The molecule has 0 atom stereocenters. The number of aryl methyl sites for hydroxylation is 2. The van der Waals surface area contributed by atoms with Gasteiger partial charge in [-0.3, -0.25) is 0 Å². The fourth-order valence-corrected chi connectivity index (χ4v) is 1.46. The van der Waals surface area contributed by atoms with Gasteiger partial charge in [0.25, 0.3) is 0 Å². The van der Waals surface area contributed by atoms with Crippen molar-refractivity contribution in [3.63, 3.8) is 0 Å². The molecule has 1 rings (SSSR count). The van der Waals surface area contributed by atoms with E-state index in [0.29, 0.717) is 0 Å². The first kappa shape index (κ1) is 10.0. The van der Waals surface area contributed by atoms with Crippen molar-refractivity contribution in [1.82, 2.24) is 0 Å². The first-order valence-electron chi connectivity index (χ1n) is 4.88. The highest BCUT2D eigenvalue weighted by molar-refractivity contribution is 5.22. The lowest BCUT2D eigenvalue weighted by atomic mass is 10.0. The molecule has 0 amide bonds. The van der Waals surface area contributed by atoms with E-state index in [1.807, 2.05) is 0 Å². The van der Waals surface area contributed by atoms with Gasteiger partial charge in [-0.15, -0.1) is 6.58 Å². The second-order valence-corrected chi connectivity index (χ2v) is 3.80. The van der Waals surface area contributed by atoms with Crippen molar-refractivity contribution in [2.75, 3.05) is 0 Å². The second-order valence-electron chi connectivity index (χ2n) is 3.80. The zero-order valence-electron chi connectivity index (χ0n) is 8.64. The Kier molecular flexibility index (Phi) is 3.75. The minimum Gasteiger partial charge on any atom is -0.100 e. The third-order valence-electron chi connectivity index (χ3n) is 2.15. The van der Waals surface area contributed by atoms with Crippen LogP contribution in [0.2, 0.25) is 0 Å². The van der Waals surface area contributed by atoms with E-state index >= 15 is 0 Å². The summed E-state index contributed by atoms with van der Waals surface area (Å²) >= 11 is 0. The summed E-state index contributed by atoms with van der Waals surface area (Å²) in [6.07, 6.45) is 3.54. The molecule has 0 unspecified atom stereocenters. The summed E-state index contributed by atoms with van der Waals surface area (Å²) in [4.78, 5) is 0. The quantitative estimate of drug-likeness (QED) is 0.607. The number of rotatable bonds is 4. The summed E-state index contributed by atoms with van der Waals surface area (Å²) in [7, 11) is 0. The molecular formula is C13H18. The molecule has 13 heavy (non-hydrogen) atoms. The van der Waals surface area contributed by atoms with Gasteiger partial charge in [-0.2, -0.15) is 0 Å². The minimum atomic E-state index is 1.15. The van der Waals surface area contributed by atoms with Gasteiger partial charge in [0.1, 0.15) is 0 Å². The molecule has 0 heterocycles. The van der Waals surface area contributed by atoms with Gasteiger partial charge in [0, 0.05) is 0 Å². The highest BCUT2D eigenvalue weighted by Gasteiger charge is 1.93. The lowest BCUT2D eigenvalue weighted by Crippen LogP contribution is -1.86. The van der Waals surface area contributed by atoms with Gasteiger partial charge in [0.15, 0.2) is 0 Å². The fraction of sp³-hybridized carbons (Fsp3) is 0.385. The summed E-state index contributed by atoms with van der Waals surface area (Å²) in [5, 5.41) is 0. The van der Waals surface area contributed by atoms with Crippen molar-refractivity contribution in [2.45, 2.75) is 33.1 Å². The van der Waals surface area contributed by atoms with Crippen LogP contribution in [0.3, 0.4) is 0 Å². The molecule has 0 fully saturated rings. The monoisotopic (exact) mass is 174 g/mol. The molecule has 0 aromatic heterocycles. The van der Waals surface area contributed by atoms with Gasteiger partial charge in [0.05, 0.1) is 0 Å². The molecule has 0 spiro atoms. The smallest absolute Gasteiger partial charge is 0.0276 e. The van der Waals surface area contributed by atoms with E-state index in [1.165, 1.54) is 29.5 Å². The maximum absolute atomic E-state index is 3.90. The molecule has 0 aliphatic heterocycles. The molecule has 70 valence electrons. The number of hydrogen-bond acceptors (Lipinski definition) is 0. The van der Waals surface area contributed by atoms with Crippen LogP contribution >= 0.6 is 0 Å². The molecule has 0 saturated heterocycles. The third kappa shape index (κ3) is 3.93. The highest BCUT2D eigenvalue weighted by atomic mass is 14.0. The third-order valence-corrected chi connectivity index (χ3v) is 2.15. The zero-order valence-corrected chi connectivity index (χ0v) is 8.64. The second kappa shape index (κ2) is 4.86. The normalized spacial score (nSPS) is 10.0. The van der Waals surface area contributed by atoms with E-state index in [9.17, 15) is 0 Å². The van der Waals surface area contributed by atoms with Crippen LogP contribution in [0.4, 0.5) is 0 Å². The SMILES string of the molecule is C=C(C)CCCc1cccc(C)c1. The molecule has 0 aliphatic rings. The molecule has 0 saturated carbocycles. The average Bonchev–Trinajstić information content (AvgIpc) is 2.03. The topological polar surface area (TPSA) is 0 Å². The lowest BCUT2D eigenvalue weighted by molar-refractivity contribution is 0.813. The van der Waals surface area contributed by atoms with Crippen LogP contribution in [0.15, 0.2) is 36.4 Å². The van der Waals surface area contributed by atoms with E-state index < -0.39 is 0 Å². The van der Waals surface area contributed by atoms with Crippen LogP contribution in [0, 0.1) is 6.92 Å². The summed E-state index contributed by atoms with van der Waals surface area (Å²) in [5.74, 6) is 0. The Morgan fingerprint density at radius 2 is 2.15 bits per heavy atom. The zero-order chi connectivity index (χ0) is 9.68. The highest BCUT2D eigenvalue weighted by Crippen LogP contribution is 2.09.